The Labute approximate surface area is 146 Å². The predicted octanol–water partition coefficient (Wildman–Crippen LogP) is 3.30. The van der Waals surface area contributed by atoms with E-state index in [0.717, 1.165) is 15.6 Å². The molecule has 0 aliphatic carbocycles. The molecule has 1 unspecified atom stereocenters. The van der Waals surface area contributed by atoms with Gasteiger partial charge in [-0.3, -0.25) is 0 Å². The first-order valence-electron chi connectivity index (χ1n) is 7.49. The predicted molar refractivity (Wildman–Crippen MR) is 93.4 cm³/mol. The molecule has 0 fully saturated rings. The Hall–Kier alpha value is -1.51. The molecule has 0 bridgehead atoms. The molecular formula is C16H21FN2O3S2. The zero-order valence-corrected chi connectivity index (χ0v) is 15.7. The number of thiazole rings is 1. The van der Waals surface area contributed by atoms with Crippen molar-refractivity contribution in [3.63, 3.8) is 0 Å². The van der Waals surface area contributed by atoms with Gasteiger partial charge in [0.2, 0.25) is 10.0 Å². The van der Waals surface area contributed by atoms with Crippen LogP contribution >= 0.6 is 11.3 Å². The first kappa shape index (κ1) is 18.8. The van der Waals surface area contributed by atoms with Gasteiger partial charge in [0.25, 0.3) is 0 Å². The standard InChI is InChI=1S/C16H21FN2O3S2/c1-11(16-12(2)23-13(3)18-16)19(4)24(20,21)10-9-22-15-8-6-5-7-14(15)17/h5-8,11H,9-10H2,1-4H3. The van der Waals surface area contributed by atoms with Gasteiger partial charge in [-0.1, -0.05) is 12.1 Å². The van der Waals surface area contributed by atoms with Crippen molar-refractivity contribution in [3.05, 3.63) is 45.7 Å². The lowest BCUT2D eigenvalue weighted by molar-refractivity contribution is 0.316. The molecule has 0 aliphatic heterocycles. The minimum Gasteiger partial charge on any atom is -0.489 e. The molecule has 1 aromatic carbocycles. The number of sulfonamides is 1. The maximum absolute atomic E-state index is 13.5. The molecule has 1 heterocycles. The van der Waals surface area contributed by atoms with E-state index in [0.29, 0.717) is 0 Å². The molecule has 5 nitrogen and oxygen atoms in total. The zero-order valence-electron chi connectivity index (χ0n) is 14.1. The van der Waals surface area contributed by atoms with Crippen LogP contribution in [0.25, 0.3) is 0 Å². The Balaban J connectivity index is 2.01. The normalized spacial score (nSPS) is 13.2. The number of rotatable bonds is 7. The SMILES string of the molecule is Cc1nc(C(C)N(C)S(=O)(=O)CCOc2ccccc2F)c(C)s1. The quantitative estimate of drug-likeness (QED) is 0.748. The second-order valence-corrected chi connectivity index (χ2v) is 9.02. The van der Waals surface area contributed by atoms with E-state index >= 15 is 0 Å². The highest BCUT2D eigenvalue weighted by Gasteiger charge is 2.27. The van der Waals surface area contributed by atoms with Crippen LogP contribution in [0, 0.1) is 19.7 Å². The van der Waals surface area contributed by atoms with Crippen LogP contribution in [0.2, 0.25) is 0 Å². The molecule has 0 N–H and O–H groups in total. The second kappa shape index (κ2) is 7.58. The van der Waals surface area contributed by atoms with E-state index < -0.39 is 15.8 Å². The van der Waals surface area contributed by atoms with Crippen LogP contribution in [0.5, 0.6) is 5.75 Å². The number of halogens is 1. The van der Waals surface area contributed by atoms with Crippen LogP contribution in [-0.4, -0.2) is 37.1 Å². The van der Waals surface area contributed by atoms with Crippen LogP contribution in [0.15, 0.2) is 24.3 Å². The van der Waals surface area contributed by atoms with Gasteiger partial charge in [-0.2, -0.15) is 4.31 Å². The Morgan fingerprint density at radius 1 is 1.33 bits per heavy atom. The lowest BCUT2D eigenvalue weighted by Crippen LogP contribution is -2.34. The van der Waals surface area contributed by atoms with E-state index in [1.165, 1.54) is 23.5 Å². The van der Waals surface area contributed by atoms with Crippen molar-refractivity contribution in [2.45, 2.75) is 26.8 Å². The summed E-state index contributed by atoms with van der Waals surface area (Å²) >= 11 is 1.54. The Morgan fingerprint density at radius 2 is 2.00 bits per heavy atom. The lowest BCUT2D eigenvalue weighted by atomic mass is 10.2. The zero-order chi connectivity index (χ0) is 17.9. The third-order valence-corrected chi connectivity index (χ3v) is 6.53. The number of hydrogen-bond acceptors (Lipinski definition) is 5. The van der Waals surface area contributed by atoms with Crippen LogP contribution in [0.3, 0.4) is 0 Å². The molecule has 0 spiro atoms. The fourth-order valence-corrected chi connectivity index (χ4v) is 4.38. The molecule has 2 rings (SSSR count). The summed E-state index contributed by atoms with van der Waals surface area (Å²) in [6, 6.07) is 5.55. The van der Waals surface area contributed by atoms with E-state index in [4.69, 9.17) is 4.74 Å². The summed E-state index contributed by atoms with van der Waals surface area (Å²) in [5.74, 6) is -0.691. The van der Waals surface area contributed by atoms with Crippen molar-refractivity contribution in [3.8, 4) is 5.75 Å². The molecule has 0 saturated heterocycles. The number of ether oxygens (including phenoxy) is 1. The molecule has 24 heavy (non-hydrogen) atoms. The summed E-state index contributed by atoms with van der Waals surface area (Å²) in [6.07, 6.45) is 0. The third-order valence-electron chi connectivity index (χ3n) is 3.75. The Bertz CT molecular complexity index is 805. The molecule has 132 valence electrons. The van der Waals surface area contributed by atoms with Gasteiger partial charge in [-0.15, -0.1) is 11.3 Å². The van der Waals surface area contributed by atoms with E-state index in [1.54, 1.807) is 30.4 Å². The fraction of sp³-hybridized carbons (Fsp3) is 0.438. The summed E-state index contributed by atoms with van der Waals surface area (Å²) in [5, 5.41) is 0.906. The van der Waals surface area contributed by atoms with Crippen LogP contribution in [-0.2, 0) is 10.0 Å². The molecule has 1 atom stereocenters. The minimum atomic E-state index is -3.55. The highest BCUT2D eigenvalue weighted by molar-refractivity contribution is 7.89. The van der Waals surface area contributed by atoms with Gasteiger partial charge in [0.1, 0.15) is 6.61 Å². The summed E-state index contributed by atoms with van der Waals surface area (Å²) in [6.45, 7) is 5.51. The van der Waals surface area contributed by atoms with Gasteiger partial charge >= 0.3 is 0 Å². The summed E-state index contributed by atoms with van der Waals surface area (Å²) in [4.78, 5) is 5.42. The number of para-hydroxylation sites is 1. The fourth-order valence-electron chi connectivity index (χ4n) is 2.31. The molecule has 1 aromatic heterocycles. The summed E-state index contributed by atoms with van der Waals surface area (Å²) < 4.78 is 44.9. The van der Waals surface area contributed by atoms with Crippen molar-refractivity contribution in [2.75, 3.05) is 19.4 Å². The van der Waals surface area contributed by atoms with Crippen molar-refractivity contribution in [1.29, 1.82) is 0 Å². The monoisotopic (exact) mass is 372 g/mol. The summed E-state index contributed by atoms with van der Waals surface area (Å²) in [7, 11) is -2.02. The molecular weight excluding hydrogens is 351 g/mol. The molecule has 0 aliphatic rings. The number of hydrogen-bond donors (Lipinski definition) is 0. The first-order valence-corrected chi connectivity index (χ1v) is 9.92. The van der Waals surface area contributed by atoms with Gasteiger partial charge in [0.15, 0.2) is 11.6 Å². The van der Waals surface area contributed by atoms with Crippen LogP contribution in [0.4, 0.5) is 4.39 Å². The van der Waals surface area contributed by atoms with Gasteiger partial charge in [-0.25, -0.2) is 17.8 Å². The maximum atomic E-state index is 13.5. The Morgan fingerprint density at radius 3 is 2.58 bits per heavy atom. The van der Waals surface area contributed by atoms with Gasteiger partial charge in [-0.05, 0) is 32.9 Å². The van der Waals surface area contributed by atoms with E-state index in [9.17, 15) is 12.8 Å². The van der Waals surface area contributed by atoms with Crippen molar-refractivity contribution < 1.29 is 17.5 Å². The van der Waals surface area contributed by atoms with Crippen LogP contribution < -0.4 is 4.74 Å². The number of aryl methyl sites for hydroxylation is 2. The largest absolute Gasteiger partial charge is 0.489 e. The Kier molecular flexibility index (Phi) is 5.95. The molecule has 0 amide bonds. The highest BCUT2D eigenvalue weighted by Crippen LogP contribution is 2.27. The van der Waals surface area contributed by atoms with Gasteiger partial charge in [0, 0.05) is 11.9 Å². The third kappa shape index (κ3) is 4.31. The van der Waals surface area contributed by atoms with Gasteiger partial charge in [0.05, 0.1) is 22.5 Å². The highest BCUT2D eigenvalue weighted by atomic mass is 32.2. The number of aromatic nitrogens is 1. The number of nitrogens with zero attached hydrogens (tertiary/aromatic N) is 2. The summed E-state index contributed by atoms with van der Waals surface area (Å²) in [5.41, 5.74) is 0.763. The maximum Gasteiger partial charge on any atom is 0.217 e. The smallest absolute Gasteiger partial charge is 0.217 e. The molecule has 2 aromatic rings. The average Bonchev–Trinajstić information content (AvgIpc) is 2.86. The second-order valence-electron chi connectivity index (χ2n) is 5.46. The van der Waals surface area contributed by atoms with E-state index in [2.05, 4.69) is 4.98 Å². The van der Waals surface area contributed by atoms with Crippen molar-refractivity contribution >= 4 is 21.4 Å². The topological polar surface area (TPSA) is 59.5 Å². The molecule has 0 saturated carbocycles. The van der Waals surface area contributed by atoms with E-state index in [1.807, 2.05) is 13.8 Å². The van der Waals surface area contributed by atoms with Gasteiger partial charge < -0.3 is 4.74 Å². The number of benzene rings is 1. The van der Waals surface area contributed by atoms with Crippen molar-refractivity contribution in [1.82, 2.24) is 9.29 Å². The average molecular weight is 372 g/mol. The first-order chi connectivity index (χ1) is 11.2. The molecule has 0 radical (unpaired) electrons. The van der Waals surface area contributed by atoms with Crippen LogP contribution in [0.1, 0.15) is 28.5 Å². The lowest BCUT2D eigenvalue weighted by Gasteiger charge is -2.23. The van der Waals surface area contributed by atoms with E-state index in [-0.39, 0.29) is 24.2 Å². The minimum absolute atomic E-state index is 0.0503. The molecule has 8 heteroatoms. The van der Waals surface area contributed by atoms with Crippen molar-refractivity contribution in [2.24, 2.45) is 0 Å².